The molecule has 0 fully saturated rings. The fourth-order valence-corrected chi connectivity index (χ4v) is 4.23. The van der Waals surface area contributed by atoms with Gasteiger partial charge in [-0.15, -0.1) is 0 Å². The van der Waals surface area contributed by atoms with Gasteiger partial charge < -0.3 is 9.64 Å². The van der Waals surface area contributed by atoms with Crippen LogP contribution in [0.4, 0.5) is 4.39 Å². The van der Waals surface area contributed by atoms with Crippen LogP contribution in [0.25, 0.3) is 5.57 Å². The quantitative estimate of drug-likeness (QED) is 0.378. The highest BCUT2D eigenvalue weighted by atomic mass is 79.9. The van der Waals surface area contributed by atoms with Crippen molar-refractivity contribution in [3.63, 3.8) is 0 Å². The Morgan fingerprint density at radius 1 is 1.23 bits per heavy atom. The van der Waals surface area contributed by atoms with Crippen molar-refractivity contribution in [2.45, 2.75) is 45.3 Å². The van der Waals surface area contributed by atoms with Crippen LogP contribution in [0.5, 0.6) is 0 Å². The fraction of sp³-hybridized carbons (Fsp3) is 0.333. The second-order valence-corrected chi connectivity index (χ2v) is 9.67. The Hall–Kier alpha value is -2.18. The Morgan fingerprint density at radius 3 is 2.52 bits per heavy atom. The van der Waals surface area contributed by atoms with Gasteiger partial charge in [0.1, 0.15) is 17.5 Å². The molecule has 1 heterocycles. The summed E-state index contributed by atoms with van der Waals surface area (Å²) in [6, 6.07) is 11.8. The predicted octanol–water partition coefficient (Wildman–Crippen LogP) is 5.81. The molecule has 0 aromatic heterocycles. The van der Waals surface area contributed by atoms with E-state index >= 15 is 0 Å². The van der Waals surface area contributed by atoms with Crippen molar-refractivity contribution in [2.24, 2.45) is 0 Å². The van der Waals surface area contributed by atoms with Crippen molar-refractivity contribution in [3.05, 3.63) is 75.0 Å². The van der Waals surface area contributed by atoms with E-state index in [1.165, 1.54) is 17.0 Å². The van der Waals surface area contributed by atoms with Crippen molar-refractivity contribution in [3.8, 4) is 0 Å². The summed E-state index contributed by atoms with van der Waals surface area (Å²) in [6.07, 6.45) is 2.10. The highest BCUT2D eigenvalue weighted by Crippen LogP contribution is 2.35. The molecule has 0 N–H and O–H groups in total. The first-order chi connectivity index (χ1) is 14.6. The van der Waals surface area contributed by atoms with Crippen LogP contribution in [0.2, 0.25) is 5.02 Å². The summed E-state index contributed by atoms with van der Waals surface area (Å²) in [5, 5.41) is -0.00955. The first-order valence-corrected chi connectivity index (χ1v) is 11.2. The van der Waals surface area contributed by atoms with Gasteiger partial charge in [0.25, 0.3) is 0 Å². The Balaban J connectivity index is 1.92. The molecule has 0 bridgehead atoms. The summed E-state index contributed by atoms with van der Waals surface area (Å²) in [5.41, 5.74) is 1.05. The van der Waals surface area contributed by atoms with E-state index < -0.39 is 23.4 Å². The largest absolute Gasteiger partial charge is 0.458 e. The lowest BCUT2D eigenvalue weighted by Gasteiger charge is -2.34. The topological polar surface area (TPSA) is 46.6 Å². The number of rotatable bonds is 5. The number of benzene rings is 2. The van der Waals surface area contributed by atoms with Gasteiger partial charge in [0.15, 0.2) is 0 Å². The maximum absolute atomic E-state index is 14.6. The van der Waals surface area contributed by atoms with Crippen LogP contribution in [0, 0.1) is 5.82 Å². The molecule has 4 nitrogen and oxygen atoms in total. The van der Waals surface area contributed by atoms with Gasteiger partial charge in [-0.25, -0.2) is 9.18 Å². The minimum atomic E-state index is -0.778. The molecule has 0 spiro atoms. The molecule has 31 heavy (non-hydrogen) atoms. The SMILES string of the molecule is CC(C)(C)OC(=O)C(Cc1ccccc1)N1CCC(c2c(Br)ccc(Cl)c2F)=CC1=O. The number of esters is 1. The maximum Gasteiger partial charge on any atom is 0.329 e. The second-order valence-electron chi connectivity index (χ2n) is 8.41. The molecule has 0 saturated carbocycles. The molecule has 2 aromatic rings. The molecule has 1 unspecified atom stereocenters. The number of carbonyl (C=O) groups is 2. The van der Waals surface area contributed by atoms with Gasteiger partial charge in [-0.3, -0.25) is 4.79 Å². The minimum Gasteiger partial charge on any atom is -0.458 e. The molecular formula is C24H24BrClFNO3. The highest BCUT2D eigenvalue weighted by Gasteiger charge is 2.35. The van der Waals surface area contributed by atoms with Gasteiger partial charge in [0.05, 0.1) is 5.02 Å². The first-order valence-electron chi connectivity index (χ1n) is 9.98. The molecule has 2 aromatic carbocycles. The van der Waals surface area contributed by atoms with E-state index in [1.807, 2.05) is 30.3 Å². The molecular weight excluding hydrogens is 485 g/mol. The van der Waals surface area contributed by atoms with Crippen molar-refractivity contribution >= 4 is 45.0 Å². The zero-order chi connectivity index (χ0) is 22.8. The third-order valence-electron chi connectivity index (χ3n) is 4.89. The van der Waals surface area contributed by atoms with Gasteiger partial charge in [0.2, 0.25) is 5.91 Å². The number of amides is 1. The smallest absolute Gasteiger partial charge is 0.329 e. The van der Waals surface area contributed by atoms with Crippen molar-refractivity contribution in [1.82, 2.24) is 4.90 Å². The molecule has 164 valence electrons. The lowest BCUT2D eigenvalue weighted by atomic mass is 9.96. The molecule has 0 aliphatic carbocycles. The lowest BCUT2D eigenvalue weighted by molar-refractivity contribution is -0.164. The van der Waals surface area contributed by atoms with Crippen molar-refractivity contribution < 1.29 is 18.7 Å². The maximum atomic E-state index is 14.6. The summed E-state index contributed by atoms with van der Waals surface area (Å²) in [5.74, 6) is -1.40. The Bertz CT molecular complexity index is 1020. The number of hydrogen-bond acceptors (Lipinski definition) is 3. The van der Waals surface area contributed by atoms with Gasteiger partial charge in [-0.2, -0.15) is 0 Å². The van der Waals surface area contributed by atoms with Crippen LogP contribution in [0.1, 0.15) is 38.3 Å². The highest BCUT2D eigenvalue weighted by molar-refractivity contribution is 9.10. The normalized spacial score (nSPS) is 15.5. The standard InChI is InChI=1S/C24H24BrClFNO3/c1-24(2,3)31-23(30)19(13-15-7-5-4-6-8-15)28-12-11-16(14-20(28)29)21-17(25)9-10-18(26)22(21)27/h4-10,14,19H,11-13H2,1-3H3. The number of halogens is 3. The van der Waals surface area contributed by atoms with Gasteiger partial charge in [-0.05, 0) is 50.5 Å². The number of carbonyl (C=O) groups excluding carboxylic acids is 2. The number of nitrogens with zero attached hydrogens (tertiary/aromatic N) is 1. The van der Waals surface area contributed by atoms with E-state index in [0.29, 0.717) is 22.9 Å². The zero-order valence-corrected chi connectivity index (χ0v) is 20.0. The van der Waals surface area contributed by atoms with E-state index in [-0.39, 0.29) is 23.0 Å². The van der Waals surface area contributed by atoms with E-state index in [1.54, 1.807) is 26.8 Å². The predicted molar refractivity (Wildman–Crippen MR) is 123 cm³/mol. The molecule has 0 radical (unpaired) electrons. The molecule has 1 aliphatic rings. The van der Waals surface area contributed by atoms with Gasteiger partial charge in [-0.1, -0.05) is 57.9 Å². The molecule has 1 amide bonds. The first kappa shape index (κ1) is 23.5. The minimum absolute atomic E-state index is 0.00955. The van der Waals surface area contributed by atoms with Crippen LogP contribution < -0.4 is 0 Å². The Morgan fingerprint density at radius 2 is 1.90 bits per heavy atom. The van der Waals surface area contributed by atoms with E-state index in [0.717, 1.165) is 5.56 Å². The van der Waals surface area contributed by atoms with Crippen LogP contribution in [0.3, 0.4) is 0 Å². The van der Waals surface area contributed by atoms with Crippen LogP contribution in [0.15, 0.2) is 53.0 Å². The average Bonchev–Trinajstić information content (AvgIpc) is 2.69. The molecule has 7 heteroatoms. The number of hydrogen-bond donors (Lipinski definition) is 0. The van der Waals surface area contributed by atoms with Crippen LogP contribution in [-0.4, -0.2) is 35.0 Å². The summed E-state index contributed by atoms with van der Waals surface area (Å²) < 4.78 is 20.8. The van der Waals surface area contributed by atoms with E-state index in [2.05, 4.69) is 15.9 Å². The lowest BCUT2D eigenvalue weighted by Crippen LogP contribution is -2.49. The summed E-state index contributed by atoms with van der Waals surface area (Å²) in [6.45, 7) is 5.64. The summed E-state index contributed by atoms with van der Waals surface area (Å²) in [7, 11) is 0. The van der Waals surface area contributed by atoms with Crippen molar-refractivity contribution in [1.29, 1.82) is 0 Å². The summed E-state index contributed by atoms with van der Waals surface area (Å²) >= 11 is 9.28. The molecule has 3 rings (SSSR count). The van der Waals surface area contributed by atoms with Crippen LogP contribution >= 0.6 is 27.5 Å². The third-order valence-corrected chi connectivity index (χ3v) is 5.85. The van der Waals surface area contributed by atoms with Gasteiger partial charge >= 0.3 is 5.97 Å². The Kier molecular flexibility index (Phi) is 7.22. The summed E-state index contributed by atoms with van der Waals surface area (Å²) in [4.78, 5) is 27.5. The van der Waals surface area contributed by atoms with E-state index in [9.17, 15) is 14.0 Å². The fourth-order valence-electron chi connectivity index (χ4n) is 3.51. The molecule has 1 atom stereocenters. The monoisotopic (exact) mass is 507 g/mol. The second kappa shape index (κ2) is 9.53. The van der Waals surface area contributed by atoms with E-state index in [4.69, 9.17) is 16.3 Å². The van der Waals surface area contributed by atoms with Gasteiger partial charge in [0, 0.05) is 29.1 Å². The van der Waals surface area contributed by atoms with Crippen molar-refractivity contribution in [2.75, 3.05) is 6.54 Å². The Labute approximate surface area is 195 Å². The number of ether oxygens (including phenoxy) is 1. The molecule has 1 aliphatic heterocycles. The zero-order valence-electron chi connectivity index (χ0n) is 17.6. The van der Waals surface area contributed by atoms with Crippen LogP contribution in [-0.2, 0) is 20.7 Å². The third kappa shape index (κ3) is 5.74. The molecule has 0 saturated heterocycles. The average molecular weight is 509 g/mol.